The van der Waals surface area contributed by atoms with E-state index >= 15 is 0 Å². The van der Waals surface area contributed by atoms with Crippen LogP contribution in [-0.4, -0.2) is 23.2 Å². The van der Waals surface area contributed by atoms with Gasteiger partial charge in [0.2, 0.25) is 0 Å². The minimum atomic E-state index is 0.275. The summed E-state index contributed by atoms with van der Waals surface area (Å²) in [5, 5.41) is 5.34. The van der Waals surface area contributed by atoms with E-state index in [-0.39, 0.29) is 6.54 Å². The smallest absolute Gasteiger partial charge is 0.141 e. The molecule has 0 saturated carbocycles. The number of methoxy groups -OCH3 is 1. The Hall–Kier alpha value is -1.84. The summed E-state index contributed by atoms with van der Waals surface area (Å²) in [5.74, 6) is 0.773. The zero-order valence-electron chi connectivity index (χ0n) is 8.73. The maximum atomic E-state index is 10.5. The molecule has 0 bridgehead atoms. The van der Waals surface area contributed by atoms with Gasteiger partial charge in [0.25, 0.3) is 0 Å². The Bertz CT molecular complexity index is 503. The molecule has 15 heavy (non-hydrogen) atoms. The SMILES string of the molecule is COc1ccc2c(C)nn(CC=O)c2c1. The highest BCUT2D eigenvalue weighted by molar-refractivity contribution is 5.83. The Morgan fingerprint density at radius 1 is 1.53 bits per heavy atom. The lowest BCUT2D eigenvalue weighted by Crippen LogP contribution is -2.00. The predicted octanol–water partition coefficient (Wildman–Crippen LogP) is 1.55. The van der Waals surface area contributed by atoms with Gasteiger partial charge in [-0.15, -0.1) is 0 Å². The molecule has 4 nitrogen and oxygen atoms in total. The molecular weight excluding hydrogens is 192 g/mol. The normalized spacial score (nSPS) is 10.5. The molecule has 0 amide bonds. The number of benzene rings is 1. The topological polar surface area (TPSA) is 44.1 Å². The number of hydrogen-bond donors (Lipinski definition) is 0. The Morgan fingerprint density at radius 3 is 3.00 bits per heavy atom. The number of aryl methyl sites for hydroxylation is 1. The van der Waals surface area contributed by atoms with E-state index in [0.717, 1.165) is 28.6 Å². The molecule has 0 aliphatic heterocycles. The van der Waals surface area contributed by atoms with E-state index in [1.807, 2.05) is 25.1 Å². The Kier molecular flexibility index (Phi) is 2.41. The van der Waals surface area contributed by atoms with Gasteiger partial charge in [-0.2, -0.15) is 5.10 Å². The van der Waals surface area contributed by atoms with E-state index in [1.165, 1.54) is 0 Å². The van der Waals surface area contributed by atoms with Crippen molar-refractivity contribution in [3.63, 3.8) is 0 Å². The maximum absolute atomic E-state index is 10.5. The van der Waals surface area contributed by atoms with Gasteiger partial charge in [-0.3, -0.25) is 4.68 Å². The van der Waals surface area contributed by atoms with Crippen LogP contribution >= 0.6 is 0 Å². The summed E-state index contributed by atoms with van der Waals surface area (Å²) in [5.41, 5.74) is 1.86. The lowest BCUT2D eigenvalue weighted by molar-refractivity contribution is -0.108. The second-order valence-electron chi connectivity index (χ2n) is 3.32. The molecule has 2 rings (SSSR count). The van der Waals surface area contributed by atoms with Gasteiger partial charge in [0.05, 0.1) is 24.9 Å². The standard InChI is InChI=1S/C11H12N2O2/c1-8-10-4-3-9(15-2)7-11(10)13(12-8)5-6-14/h3-4,6-7H,5H2,1-2H3. The van der Waals surface area contributed by atoms with Crippen molar-refractivity contribution in [2.45, 2.75) is 13.5 Å². The van der Waals surface area contributed by atoms with Gasteiger partial charge in [-0.1, -0.05) is 0 Å². The molecule has 0 N–H and O–H groups in total. The number of fused-ring (bicyclic) bond motifs is 1. The quantitative estimate of drug-likeness (QED) is 0.712. The second-order valence-corrected chi connectivity index (χ2v) is 3.32. The zero-order chi connectivity index (χ0) is 10.8. The molecule has 1 aromatic heterocycles. The molecule has 4 heteroatoms. The summed E-state index contributed by atoms with van der Waals surface area (Å²) < 4.78 is 6.82. The molecule has 0 spiro atoms. The largest absolute Gasteiger partial charge is 0.497 e. The van der Waals surface area contributed by atoms with Crippen LogP contribution in [0.3, 0.4) is 0 Å². The van der Waals surface area contributed by atoms with Gasteiger partial charge in [-0.05, 0) is 19.1 Å². The molecule has 0 aliphatic rings. The van der Waals surface area contributed by atoms with Gasteiger partial charge in [0, 0.05) is 11.5 Å². The van der Waals surface area contributed by atoms with E-state index in [0.29, 0.717) is 0 Å². The van der Waals surface area contributed by atoms with Crippen LogP contribution in [0.15, 0.2) is 18.2 Å². The Labute approximate surface area is 87.5 Å². The van der Waals surface area contributed by atoms with Crippen molar-refractivity contribution in [3.05, 3.63) is 23.9 Å². The molecule has 0 radical (unpaired) electrons. The Balaban J connectivity index is 2.65. The summed E-state index contributed by atoms with van der Waals surface area (Å²) in [6.45, 7) is 2.20. The molecule has 2 aromatic rings. The summed E-state index contributed by atoms with van der Waals surface area (Å²) in [4.78, 5) is 10.5. The highest BCUT2D eigenvalue weighted by Gasteiger charge is 2.07. The predicted molar refractivity (Wildman–Crippen MR) is 57.1 cm³/mol. The fraction of sp³-hybridized carbons (Fsp3) is 0.273. The first-order valence-corrected chi connectivity index (χ1v) is 4.71. The number of rotatable bonds is 3. The number of hydrogen-bond acceptors (Lipinski definition) is 3. The highest BCUT2D eigenvalue weighted by atomic mass is 16.5. The van der Waals surface area contributed by atoms with E-state index < -0.39 is 0 Å². The van der Waals surface area contributed by atoms with Crippen molar-refractivity contribution in [1.29, 1.82) is 0 Å². The van der Waals surface area contributed by atoms with Crippen LogP contribution in [-0.2, 0) is 11.3 Å². The number of aromatic nitrogens is 2. The van der Waals surface area contributed by atoms with Gasteiger partial charge in [0.15, 0.2) is 0 Å². The molecule has 78 valence electrons. The van der Waals surface area contributed by atoms with Crippen molar-refractivity contribution < 1.29 is 9.53 Å². The van der Waals surface area contributed by atoms with E-state index in [1.54, 1.807) is 11.8 Å². The fourth-order valence-electron chi connectivity index (χ4n) is 1.66. The van der Waals surface area contributed by atoms with E-state index in [4.69, 9.17) is 4.74 Å². The number of nitrogens with zero attached hydrogens (tertiary/aromatic N) is 2. The highest BCUT2D eigenvalue weighted by Crippen LogP contribution is 2.22. The first-order chi connectivity index (χ1) is 7.26. The molecule has 0 fully saturated rings. The molecule has 0 aliphatic carbocycles. The van der Waals surface area contributed by atoms with Crippen molar-refractivity contribution in [1.82, 2.24) is 9.78 Å². The van der Waals surface area contributed by atoms with Gasteiger partial charge >= 0.3 is 0 Å². The molecule has 0 unspecified atom stereocenters. The third-order valence-electron chi connectivity index (χ3n) is 2.39. The third-order valence-corrected chi connectivity index (χ3v) is 2.39. The lowest BCUT2D eigenvalue weighted by atomic mass is 10.2. The number of carbonyl (C=O) groups is 1. The van der Waals surface area contributed by atoms with Crippen molar-refractivity contribution >= 4 is 17.2 Å². The van der Waals surface area contributed by atoms with Crippen molar-refractivity contribution in [2.75, 3.05) is 7.11 Å². The molecule has 0 atom stereocenters. The molecule has 0 saturated heterocycles. The number of aldehydes is 1. The second kappa shape index (κ2) is 3.73. The van der Waals surface area contributed by atoms with Crippen LogP contribution in [0.1, 0.15) is 5.69 Å². The van der Waals surface area contributed by atoms with Gasteiger partial charge in [0.1, 0.15) is 12.0 Å². The number of ether oxygens (including phenoxy) is 1. The average molecular weight is 204 g/mol. The minimum Gasteiger partial charge on any atom is -0.497 e. The van der Waals surface area contributed by atoms with Crippen LogP contribution in [0.2, 0.25) is 0 Å². The summed E-state index contributed by atoms with van der Waals surface area (Å²) in [7, 11) is 1.62. The van der Waals surface area contributed by atoms with E-state index in [2.05, 4.69) is 5.10 Å². The van der Waals surface area contributed by atoms with Crippen molar-refractivity contribution in [2.24, 2.45) is 0 Å². The minimum absolute atomic E-state index is 0.275. The van der Waals surface area contributed by atoms with Crippen LogP contribution < -0.4 is 4.74 Å². The Morgan fingerprint density at radius 2 is 2.33 bits per heavy atom. The fourth-order valence-corrected chi connectivity index (χ4v) is 1.66. The van der Waals surface area contributed by atoms with Crippen LogP contribution in [0.4, 0.5) is 0 Å². The number of carbonyl (C=O) groups excluding carboxylic acids is 1. The van der Waals surface area contributed by atoms with Crippen LogP contribution in [0.5, 0.6) is 5.75 Å². The maximum Gasteiger partial charge on any atom is 0.141 e. The van der Waals surface area contributed by atoms with Crippen molar-refractivity contribution in [3.8, 4) is 5.75 Å². The summed E-state index contributed by atoms with van der Waals surface area (Å²) >= 11 is 0. The first-order valence-electron chi connectivity index (χ1n) is 4.71. The van der Waals surface area contributed by atoms with Crippen LogP contribution in [0.25, 0.3) is 10.9 Å². The summed E-state index contributed by atoms with van der Waals surface area (Å²) in [6.07, 6.45) is 0.839. The van der Waals surface area contributed by atoms with E-state index in [9.17, 15) is 4.79 Å². The average Bonchev–Trinajstić information content (AvgIpc) is 2.56. The molecule has 1 heterocycles. The van der Waals surface area contributed by atoms with Gasteiger partial charge in [-0.25, -0.2) is 0 Å². The lowest BCUT2D eigenvalue weighted by Gasteiger charge is -2.01. The summed E-state index contributed by atoms with van der Waals surface area (Å²) in [6, 6.07) is 5.74. The third kappa shape index (κ3) is 1.58. The van der Waals surface area contributed by atoms with Gasteiger partial charge < -0.3 is 9.53 Å². The zero-order valence-corrected chi connectivity index (χ0v) is 8.73. The molecule has 1 aromatic carbocycles. The van der Waals surface area contributed by atoms with Crippen LogP contribution in [0, 0.1) is 6.92 Å². The first kappa shape index (κ1) is 9.71. The molecular formula is C11H12N2O2. The monoisotopic (exact) mass is 204 g/mol.